The maximum atomic E-state index is 12.7. The van der Waals surface area contributed by atoms with Crippen LogP contribution in [0.15, 0.2) is 18.2 Å². The molecule has 0 radical (unpaired) electrons. The van der Waals surface area contributed by atoms with Gasteiger partial charge in [0, 0.05) is 17.9 Å². The Kier molecular flexibility index (Phi) is 5.18. The zero-order valence-electron chi connectivity index (χ0n) is 11.3. The molecule has 1 aliphatic rings. The Morgan fingerprint density at radius 3 is 2.95 bits per heavy atom. The van der Waals surface area contributed by atoms with Crippen molar-refractivity contribution in [3.63, 3.8) is 0 Å². The number of carbonyl (C=O) groups is 1. The van der Waals surface area contributed by atoms with Crippen molar-refractivity contribution in [2.75, 3.05) is 18.5 Å². The van der Waals surface area contributed by atoms with Gasteiger partial charge >= 0.3 is 0 Å². The molecule has 2 rings (SSSR count). The van der Waals surface area contributed by atoms with Crippen molar-refractivity contribution in [1.82, 2.24) is 4.90 Å². The average Bonchev–Trinajstić information content (AvgIpc) is 2.46. The summed E-state index contributed by atoms with van der Waals surface area (Å²) >= 11 is 9.33. The Morgan fingerprint density at radius 2 is 2.33 bits per heavy atom. The van der Waals surface area contributed by atoms with Crippen molar-refractivity contribution < 1.29 is 14.5 Å². The van der Waals surface area contributed by atoms with Crippen molar-refractivity contribution in [3.05, 3.63) is 38.9 Å². The van der Waals surface area contributed by atoms with Gasteiger partial charge in [-0.15, -0.1) is 0 Å². The Morgan fingerprint density at radius 1 is 1.62 bits per heavy atom. The lowest BCUT2D eigenvalue weighted by molar-refractivity contribution is -0.385. The average molecular weight is 378 g/mol. The maximum Gasteiger partial charge on any atom is 0.283 e. The van der Waals surface area contributed by atoms with Crippen LogP contribution in [0.5, 0.6) is 0 Å². The number of amides is 1. The highest BCUT2D eigenvalue weighted by Gasteiger charge is 2.34. The number of morpholine rings is 1. The largest absolute Gasteiger partial charge is 0.373 e. The Hall–Kier alpha value is -1.18. The second-order valence-corrected chi connectivity index (χ2v) is 5.86. The van der Waals surface area contributed by atoms with Gasteiger partial charge in [-0.3, -0.25) is 14.9 Å². The second kappa shape index (κ2) is 6.72. The molecule has 21 heavy (non-hydrogen) atoms. The van der Waals surface area contributed by atoms with Crippen molar-refractivity contribution in [1.29, 1.82) is 0 Å². The molecule has 2 unspecified atom stereocenters. The van der Waals surface area contributed by atoms with E-state index >= 15 is 0 Å². The molecule has 0 saturated carbocycles. The molecule has 1 fully saturated rings. The van der Waals surface area contributed by atoms with Gasteiger partial charge in [0.1, 0.15) is 5.56 Å². The van der Waals surface area contributed by atoms with E-state index in [1.165, 1.54) is 18.2 Å². The minimum absolute atomic E-state index is 0.0637. The first-order chi connectivity index (χ1) is 9.95. The SMILES string of the molecule is CC1COC(CBr)CN1C(=O)c1c(Cl)cccc1[N+](=O)[O-]. The lowest BCUT2D eigenvalue weighted by atomic mass is 10.1. The molecule has 0 N–H and O–H groups in total. The van der Waals surface area contributed by atoms with Crippen LogP contribution in [0.1, 0.15) is 17.3 Å². The monoisotopic (exact) mass is 376 g/mol. The van der Waals surface area contributed by atoms with E-state index in [0.717, 1.165) is 0 Å². The molecule has 0 spiro atoms. The van der Waals surface area contributed by atoms with E-state index in [0.29, 0.717) is 18.5 Å². The summed E-state index contributed by atoms with van der Waals surface area (Å²) in [6.45, 7) is 2.60. The summed E-state index contributed by atoms with van der Waals surface area (Å²) < 4.78 is 5.56. The maximum absolute atomic E-state index is 12.7. The normalized spacial score (nSPS) is 22.1. The lowest BCUT2D eigenvalue weighted by Gasteiger charge is -2.37. The van der Waals surface area contributed by atoms with Gasteiger partial charge in [0.2, 0.25) is 0 Å². The summed E-state index contributed by atoms with van der Waals surface area (Å²) in [5, 5.41) is 11.8. The van der Waals surface area contributed by atoms with Gasteiger partial charge in [-0.25, -0.2) is 0 Å². The number of alkyl halides is 1. The predicted molar refractivity (Wildman–Crippen MR) is 82.1 cm³/mol. The van der Waals surface area contributed by atoms with Gasteiger partial charge < -0.3 is 9.64 Å². The van der Waals surface area contributed by atoms with Crippen molar-refractivity contribution in [3.8, 4) is 0 Å². The number of nitro benzene ring substituents is 1. The minimum Gasteiger partial charge on any atom is -0.373 e. The van der Waals surface area contributed by atoms with E-state index < -0.39 is 10.8 Å². The molecule has 1 aromatic carbocycles. The van der Waals surface area contributed by atoms with E-state index in [9.17, 15) is 14.9 Å². The third-order valence-corrected chi connectivity index (χ3v) is 4.38. The fourth-order valence-corrected chi connectivity index (χ4v) is 2.86. The quantitative estimate of drug-likeness (QED) is 0.461. The lowest BCUT2D eigenvalue weighted by Crippen LogP contribution is -2.51. The topological polar surface area (TPSA) is 72.7 Å². The van der Waals surface area contributed by atoms with Crippen LogP contribution in [-0.4, -0.2) is 46.4 Å². The molecule has 1 aromatic rings. The summed E-state index contributed by atoms with van der Waals surface area (Å²) in [6, 6.07) is 4.06. The van der Waals surface area contributed by atoms with Crippen LogP contribution in [0.3, 0.4) is 0 Å². The summed E-state index contributed by atoms with van der Waals surface area (Å²) in [5.74, 6) is -0.436. The van der Waals surface area contributed by atoms with E-state index in [-0.39, 0.29) is 28.4 Å². The molecule has 114 valence electrons. The number of halogens is 2. The molecule has 1 amide bonds. The third-order valence-electron chi connectivity index (χ3n) is 3.34. The molecule has 2 atom stereocenters. The van der Waals surface area contributed by atoms with Gasteiger partial charge in [-0.05, 0) is 13.0 Å². The predicted octanol–water partition coefficient (Wildman–Crippen LogP) is 2.87. The van der Waals surface area contributed by atoms with Gasteiger partial charge in [-0.1, -0.05) is 33.6 Å². The highest BCUT2D eigenvalue weighted by Crippen LogP contribution is 2.29. The summed E-state index contributed by atoms with van der Waals surface area (Å²) in [4.78, 5) is 24.8. The van der Waals surface area contributed by atoms with Crippen LogP contribution in [-0.2, 0) is 4.74 Å². The summed E-state index contributed by atoms with van der Waals surface area (Å²) in [5.41, 5.74) is -0.340. The fourth-order valence-electron chi connectivity index (χ4n) is 2.21. The number of rotatable bonds is 3. The van der Waals surface area contributed by atoms with Crippen LogP contribution in [0.4, 0.5) is 5.69 Å². The smallest absolute Gasteiger partial charge is 0.283 e. The van der Waals surface area contributed by atoms with Crippen molar-refractivity contribution >= 4 is 39.1 Å². The molecular weight excluding hydrogens is 364 g/mol. The van der Waals surface area contributed by atoms with E-state index in [2.05, 4.69) is 15.9 Å². The first kappa shape index (κ1) is 16.2. The Balaban J connectivity index is 2.37. The molecule has 8 heteroatoms. The Bertz CT molecular complexity index is 569. The van der Waals surface area contributed by atoms with Gasteiger partial charge in [0.15, 0.2) is 0 Å². The third kappa shape index (κ3) is 3.36. The molecule has 0 aliphatic carbocycles. The second-order valence-electron chi connectivity index (χ2n) is 4.81. The van der Waals surface area contributed by atoms with Crippen LogP contribution in [0.2, 0.25) is 5.02 Å². The molecule has 6 nitrogen and oxygen atoms in total. The van der Waals surface area contributed by atoms with Crippen LogP contribution < -0.4 is 0 Å². The standard InChI is InChI=1S/C13H14BrClN2O4/c1-8-7-21-9(5-14)6-16(8)13(18)12-10(15)3-2-4-11(12)17(19)20/h2-4,8-9H,5-7H2,1H3. The summed E-state index contributed by atoms with van der Waals surface area (Å²) in [6.07, 6.45) is -0.133. The number of hydrogen-bond acceptors (Lipinski definition) is 4. The summed E-state index contributed by atoms with van der Waals surface area (Å²) in [7, 11) is 0. The molecular formula is C13H14BrClN2O4. The molecule has 1 saturated heterocycles. The van der Waals surface area contributed by atoms with Crippen LogP contribution in [0.25, 0.3) is 0 Å². The Labute approximate surface area is 135 Å². The molecule has 0 aromatic heterocycles. The van der Waals surface area contributed by atoms with E-state index in [1.807, 2.05) is 6.92 Å². The van der Waals surface area contributed by atoms with Gasteiger partial charge in [0.25, 0.3) is 11.6 Å². The van der Waals surface area contributed by atoms with Gasteiger partial charge in [0.05, 0.1) is 28.7 Å². The number of nitrogens with zero attached hydrogens (tertiary/aromatic N) is 2. The van der Waals surface area contributed by atoms with Crippen molar-refractivity contribution in [2.24, 2.45) is 0 Å². The molecule has 0 bridgehead atoms. The zero-order chi connectivity index (χ0) is 15.6. The molecule has 1 aliphatic heterocycles. The van der Waals surface area contributed by atoms with Crippen LogP contribution in [0, 0.1) is 10.1 Å². The minimum atomic E-state index is -0.591. The van der Waals surface area contributed by atoms with Crippen LogP contribution >= 0.6 is 27.5 Å². The number of ether oxygens (including phenoxy) is 1. The first-order valence-corrected chi connectivity index (χ1v) is 7.87. The first-order valence-electron chi connectivity index (χ1n) is 6.37. The molecule has 1 heterocycles. The van der Waals surface area contributed by atoms with Crippen molar-refractivity contribution in [2.45, 2.75) is 19.1 Å². The number of benzene rings is 1. The van der Waals surface area contributed by atoms with E-state index in [4.69, 9.17) is 16.3 Å². The number of nitro groups is 1. The van der Waals surface area contributed by atoms with Gasteiger partial charge in [-0.2, -0.15) is 0 Å². The zero-order valence-corrected chi connectivity index (χ0v) is 13.6. The highest BCUT2D eigenvalue weighted by molar-refractivity contribution is 9.09. The fraction of sp³-hybridized carbons (Fsp3) is 0.462. The highest BCUT2D eigenvalue weighted by atomic mass is 79.9. The number of carbonyl (C=O) groups excluding carboxylic acids is 1. The number of hydrogen-bond donors (Lipinski definition) is 0. The van der Waals surface area contributed by atoms with E-state index in [1.54, 1.807) is 4.90 Å².